The molecule has 0 aromatic heterocycles. The predicted octanol–water partition coefficient (Wildman–Crippen LogP) is 2.59. The van der Waals surface area contributed by atoms with Gasteiger partial charge < -0.3 is 30.0 Å². The van der Waals surface area contributed by atoms with E-state index in [0.717, 1.165) is 22.4 Å². The second-order valence-electron chi connectivity index (χ2n) is 8.30. The summed E-state index contributed by atoms with van der Waals surface area (Å²) in [5.74, 6) is 0. The first-order chi connectivity index (χ1) is 15.2. The standard InChI is InChI=1S/C24H30ClNO6/c1-13(2)32-26-14(3)16-6-4-15(5-7-16)10-18-11-17(8-9-19(18)25)24-23(30)22(29)21(28)20(12-27)31-24/h4-9,11,13,20-24,27-30H,10,12H2,1-3H3/b26-14+/t20-,21-,22+,23-,24+/m1/s1. The van der Waals surface area contributed by atoms with Gasteiger partial charge in [0.05, 0.1) is 12.3 Å². The van der Waals surface area contributed by atoms with Crippen molar-refractivity contribution in [1.82, 2.24) is 0 Å². The van der Waals surface area contributed by atoms with Crippen LogP contribution in [0.5, 0.6) is 0 Å². The lowest BCUT2D eigenvalue weighted by Crippen LogP contribution is -2.55. The first-order valence-corrected chi connectivity index (χ1v) is 11.0. The molecule has 32 heavy (non-hydrogen) atoms. The Morgan fingerprint density at radius 3 is 2.38 bits per heavy atom. The Labute approximate surface area is 192 Å². The second kappa shape index (κ2) is 10.7. The Morgan fingerprint density at radius 1 is 1.06 bits per heavy atom. The van der Waals surface area contributed by atoms with Crippen LogP contribution in [0.4, 0.5) is 0 Å². The molecule has 1 heterocycles. The Morgan fingerprint density at radius 2 is 1.75 bits per heavy atom. The van der Waals surface area contributed by atoms with Gasteiger partial charge in [-0.25, -0.2) is 0 Å². The van der Waals surface area contributed by atoms with Crippen molar-refractivity contribution < 1.29 is 30.0 Å². The molecule has 0 spiro atoms. The molecule has 1 aliphatic rings. The van der Waals surface area contributed by atoms with E-state index in [1.807, 2.05) is 51.1 Å². The van der Waals surface area contributed by atoms with Crippen LogP contribution in [0.15, 0.2) is 47.6 Å². The minimum absolute atomic E-state index is 0.0161. The highest BCUT2D eigenvalue weighted by Crippen LogP contribution is 2.34. The summed E-state index contributed by atoms with van der Waals surface area (Å²) in [5, 5.41) is 44.6. The summed E-state index contributed by atoms with van der Waals surface area (Å²) in [6, 6.07) is 13.1. The van der Waals surface area contributed by atoms with Crippen molar-refractivity contribution in [3.63, 3.8) is 0 Å². The summed E-state index contributed by atoms with van der Waals surface area (Å²) in [6.45, 7) is 5.25. The minimum atomic E-state index is -1.43. The average molecular weight is 464 g/mol. The lowest BCUT2D eigenvalue weighted by molar-refractivity contribution is -0.231. The van der Waals surface area contributed by atoms with Gasteiger partial charge >= 0.3 is 0 Å². The van der Waals surface area contributed by atoms with Gasteiger partial charge in [0, 0.05) is 5.02 Å². The maximum atomic E-state index is 10.4. The Balaban J connectivity index is 1.78. The van der Waals surface area contributed by atoms with Crippen LogP contribution in [0.1, 0.15) is 49.1 Å². The summed E-state index contributed by atoms with van der Waals surface area (Å²) < 4.78 is 5.67. The number of hydrogen-bond donors (Lipinski definition) is 4. The molecule has 0 aliphatic carbocycles. The molecule has 0 saturated carbocycles. The number of benzene rings is 2. The van der Waals surface area contributed by atoms with Crippen LogP contribution in [0, 0.1) is 0 Å². The van der Waals surface area contributed by atoms with E-state index < -0.39 is 37.1 Å². The molecule has 174 valence electrons. The van der Waals surface area contributed by atoms with E-state index in [2.05, 4.69) is 5.16 Å². The molecule has 0 amide bonds. The lowest BCUT2D eigenvalue weighted by atomic mass is 9.90. The van der Waals surface area contributed by atoms with Gasteiger partial charge in [0.25, 0.3) is 0 Å². The molecule has 1 aliphatic heterocycles. The largest absolute Gasteiger partial charge is 0.394 e. The molecule has 3 rings (SSSR count). The predicted molar refractivity (Wildman–Crippen MR) is 122 cm³/mol. The zero-order chi connectivity index (χ0) is 23.4. The van der Waals surface area contributed by atoms with Gasteiger partial charge in [0.15, 0.2) is 0 Å². The Bertz CT molecular complexity index is 931. The fraction of sp³-hybridized carbons (Fsp3) is 0.458. The molecule has 5 atom stereocenters. The highest BCUT2D eigenvalue weighted by Gasteiger charge is 2.44. The maximum Gasteiger partial charge on any atom is 0.122 e. The smallest absolute Gasteiger partial charge is 0.122 e. The van der Waals surface area contributed by atoms with Crippen LogP contribution in [0.3, 0.4) is 0 Å². The third kappa shape index (κ3) is 5.67. The van der Waals surface area contributed by atoms with Gasteiger partial charge in [-0.05, 0) is 55.5 Å². The van der Waals surface area contributed by atoms with E-state index in [-0.39, 0.29) is 6.10 Å². The quantitative estimate of drug-likeness (QED) is 0.371. The van der Waals surface area contributed by atoms with Crippen molar-refractivity contribution in [3.05, 3.63) is 69.7 Å². The summed E-state index contributed by atoms with van der Waals surface area (Å²) in [4.78, 5) is 5.30. The van der Waals surface area contributed by atoms with Crippen molar-refractivity contribution in [2.75, 3.05) is 6.61 Å². The average Bonchev–Trinajstić information content (AvgIpc) is 2.78. The second-order valence-corrected chi connectivity index (χ2v) is 8.71. The number of halogens is 1. The summed E-state index contributed by atoms with van der Waals surface area (Å²) in [5.41, 5.74) is 4.19. The molecule has 0 radical (unpaired) electrons. The van der Waals surface area contributed by atoms with E-state index in [1.165, 1.54) is 0 Å². The SMILES string of the molecule is C/C(=N\OC(C)C)c1ccc(Cc2cc([C@@H]3O[C@H](CO)[C@@H](O)[C@H](O)[C@H]3O)ccc2Cl)cc1. The summed E-state index contributed by atoms with van der Waals surface area (Å²) >= 11 is 6.41. The van der Waals surface area contributed by atoms with Gasteiger partial charge in [0.1, 0.15) is 36.6 Å². The summed E-state index contributed by atoms with van der Waals surface area (Å²) in [7, 11) is 0. The van der Waals surface area contributed by atoms with E-state index >= 15 is 0 Å². The number of nitrogens with zero attached hydrogens (tertiary/aromatic N) is 1. The van der Waals surface area contributed by atoms with Crippen LogP contribution in [0.2, 0.25) is 5.02 Å². The zero-order valence-corrected chi connectivity index (χ0v) is 19.1. The van der Waals surface area contributed by atoms with Crippen LogP contribution in [-0.4, -0.2) is 63.3 Å². The fourth-order valence-electron chi connectivity index (χ4n) is 3.61. The van der Waals surface area contributed by atoms with E-state index in [9.17, 15) is 20.4 Å². The first kappa shape index (κ1) is 24.6. The molecular formula is C24H30ClNO6. The molecule has 2 aromatic rings. The van der Waals surface area contributed by atoms with Crippen LogP contribution >= 0.6 is 11.6 Å². The van der Waals surface area contributed by atoms with Crippen molar-refractivity contribution >= 4 is 17.3 Å². The van der Waals surface area contributed by atoms with Crippen molar-refractivity contribution in [2.45, 2.75) is 63.8 Å². The number of aliphatic hydroxyl groups excluding tert-OH is 4. The van der Waals surface area contributed by atoms with Crippen molar-refractivity contribution in [2.24, 2.45) is 5.16 Å². The lowest BCUT2D eigenvalue weighted by Gasteiger charge is -2.40. The Hall–Kier alpha value is -2.00. The maximum absolute atomic E-state index is 10.4. The van der Waals surface area contributed by atoms with Gasteiger partial charge in [-0.1, -0.05) is 53.2 Å². The van der Waals surface area contributed by atoms with E-state index in [1.54, 1.807) is 12.1 Å². The van der Waals surface area contributed by atoms with Crippen LogP contribution in [-0.2, 0) is 16.0 Å². The number of oxime groups is 1. The first-order valence-electron chi connectivity index (χ1n) is 10.6. The van der Waals surface area contributed by atoms with Gasteiger partial charge in [0.2, 0.25) is 0 Å². The van der Waals surface area contributed by atoms with E-state index in [4.69, 9.17) is 21.2 Å². The molecule has 4 N–H and O–H groups in total. The van der Waals surface area contributed by atoms with Gasteiger partial charge in [-0.3, -0.25) is 0 Å². The van der Waals surface area contributed by atoms with Crippen LogP contribution in [0.25, 0.3) is 0 Å². The van der Waals surface area contributed by atoms with E-state index in [0.29, 0.717) is 17.0 Å². The Kier molecular flexibility index (Phi) is 8.27. The topological polar surface area (TPSA) is 112 Å². The molecule has 0 bridgehead atoms. The normalized spacial score (nSPS) is 26.4. The number of hydrogen-bond acceptors (Lipinski definition) is 7. The highest BCUT2D eigenvalue weighted by molar-refractivity contribution is 6.31. The minimum Gasteiger partial charge on any atom is -0.394 e. The molecular weight excluding hydrogens is 434 g/mol. The van der Waals surface area contributed by atoms with Gasteiger partial charge in [-0.15, -0.1) is 0 Å². The summed E-state index contributed by atoms with van der Waals surface area (Å²) in [6.07, 6.45) is -5.46. The zero-order valence-electron chi connectivity index (χ0n) is 18.4. The van der Waals surface area contributed by atoms with Gasteiger partial charge in [-0.2, -0.15) is 0 Å². The molecule has 1 saturated heterocycles. The fourth-order valence-corrected chi connectivity index (χ4v) is 3.79. The molecule has 8 heteroatoms. The molecule has 2 aromatic carbocycles. The molecule has 0 unspecified atom stereocenters. The monoisotopic (exact) mass is 463 g/mol. The number of aliphatic hydroxyl groups is 4. The third-order valence-electron chi connectivity index (χ3n) is 5.46. The van der Waals surface area contributed by atoms with Crippen molar-refractivity contribution in [1.29, 1.82) is 0 Å². The highest BCUT2D eigenvalue weighted by atomic mass is 35.5. The van der Waals surface area contributed by atoms with Crippen molar-refractivity contribution in [3.8, 4) is 0 Å². The molecule has 7 nitrogen and oxygen atoms in total. The van der Waals surface area contributed by atoms with Crippen LogP contribution < -0.4 is 0 Å². The number of ether oxygens (including phenoxy) is 1. The number of rotatable bonds is 7. The third-order valence-corrected chi connectivity index (χ3v) is 5.83. The molecule has 1 fully saturated rings.